The van der Waals surface area contributed by atoms with Crippen LogP contribution in [0.25, 0.3) is 33.6 Å². The van der Waals surface area contributed by atoms with E-state index in [1.165, 1.54) is 31.4 Å². The Labute approximate surface area is 346 Å². The highest BCUT2D eigenvalue weighted by molar-refractivity contribution is 5.81. The Morgan fingerprint density at radius 3 is 1.21 bits per heavy atom. The first kappa shape index (κ1) is 45.5. The highest BCUT2D eigenvalue weighted by atomic mass is 16.5. The van der Waals surface area contributed by atoms with E-state index in [4.69, 9.17) is 23.9 Å². The summed E-state index contributed by atoms with van der Waals surface area (Å²) in [4.78, 5) is 7.95. The summed E-state index contributed by atoms with van der Waals surface area (Å²) in [6.07, 6.45) is 18.0. The van der Waals surface area contributed by atoms with Crippen LogP contribution in [-0.4, -0.2) is 44.5 Å². The second-order valence-electron chi connectivity index (χ2n) is 15.4. The van der Waals surface area contributed by atoms with Crippen LogP contribution >= 0.6 is 0 Å². The minimum atomic E-state index is 0.649. The molecule has 6 nitrogen and oxygen atoms in total. The van der Waals surface area contributed by atoms with Gasteiger partial charge in [0.15, 0.2) is 0 Å². The van der Waals surface area contributed by atoms with Gasteiger partial charge in [0, 0.05) is 42.0 Å². The second kappa shape index (κ2) is 26.7. The third kappa shape index (κ3) is 15.2. The van der Waals surface area contributed by atoms with Gasteiger partial charge in [0.25, 0.3) is 0 Å². The zero-order valence-corrected chi connectivity index (χ0v) is 36.5. The molecule has 0 saturated carbocycles. The van der Waals surface area contributed by atoms with Crippen molar-refractivity contribution in [2.45, 2.75) is 144 Å². The van der Waals surface area contributed by atoms with E-state index in [1.54, 1.807) is 0 Å². The lowest BCUT2D eigenvalue weighted by Gasteiger charge is -2.25. The highest BCUT2D eigenvalue weighted by Crippen LogP contribution is 2.40. The normalized spacial score (nSPS) is 11.1. The Kier molecular flexibility index (Phi) is 21.3. The monoisotopic (exact) mass is 779 g/mol. The molecule has 3 aromatic carbocycles. The molecule has 0 aliphatic carbocycles. The topological polar surface area (TPSA) is 53.1 Å². The molecule has 0 bridgehead atoms. The smallest absolute Gasteiger partial charge is 0.132 e. The van der Waals surface area contributed by atoms with Crippen LogP contribution < -0.4 is 23.8 Å². The summed E-state index contributed by atoms with van der Waals surface area (Å²) in [6, 6.07) is 26.1. The Morgan fingerprint density at radius 1 is 0.404 bits per heavy atom. The molecule has 6 heteroatoms. The average molecular weight is 779 g/mol. The van der Waals surface area contributed by atoms with E-state index in [0.717, 1.165) is 147 Å². The second-order valence-corrected chi connectivity index (χ2v) is 15.4. The van der Waals surface area contributed by atoms with Gasteiger partial charge in [-0.25, -0.2) is 4.98 Å². The number of ether oxygens (including phenoxy) is 4. The Bertz CT molecular complexity index is 1590. The van der Waals surface area contributed by atoms with E-state index in [9.17, 15) is 0 Å². The van der Waals surface area contributed by atoms with E-state index in [0.29, 0.717) is 26.4 Å². The maximum Gasteiger partial charge on any atom is 0.132 e. The fraction of sp³-hybridized carbons (Fsp3) is 0.549. The Hall–Kier alpha value is -4.19. The van der Waals surface area contributed by atoms with Gasteiger partial charge in [0.05, 0.1) is 37.8 Å². The van der Waals surface area contributed by atoms with Crippen LogP contribution in [0.15, 0.2) is 72.8 Å². The number of unbranched alkanes of at least 4 members (excludes halogenated alkanes) is 10. The van der Waals surface area contributed by atoms with Crippen molar-refractivity contribution >= 4 is 5.69 Å². The van der Waals surface area contributed by atoms with Gasteiger partial charge in [-0.1, -0.05) is 118 Å². The van der Waals surface area contributed by atoms with Gasteiger partial charge in [-0.2, -0.15) is 0 Å². The lowest BCUT2D eigenvalue weighted by molar-refractivity contribution is 0.292. The number of hydrogen-bond acceptors (Lipinski definition) is 6. The molecule has 1 aromatic heterocycles. The molecule has 312 valence electrons. The summed E-state index contributed by atoms with van der Waals surface area (Å²) in [5.74, 6) is 3.28. The van der Waals surface area contributed by atoms with Gasteiger partial charge in [-0.05, 0) is 98.2 Å². The zero-order chi connectivity index (χ0) is 40.5. The summed E-state index contributed by atoms with van der Waals surface area (Å²) in [6.45, 7) is 18.3. The van der Waals surface area contributed by atoms with E-state index < -0.39 is 0 Å². The van der Waals surface area contributed by atoms with Gasteiger partial charge in [-0.3, -0.25) is 0 Å². The van der Waals surface area contributed by atoms with Gasteiger partial charge in [0.2, 0.25) is 0 Å². The van der Waals surface area contributed by atoms with Crippen LogP contribution in [0, 0.1) is 0 Å². The molecule has 4 rings (SSSR count). The van der Waals surface area contributed by atoms with Gasteiger partial charge < -0.3 is 23.8 Å². The predicted molar refractivity (Wildman–Crippen MR) is 243 cm³/mol. The minimum absolute atomic E-state index is 0.649. The van der Waals surface area contributed by atoms with Crippen LogP contribution in [0.3, 0.4) is 0 Å². The van der Waals surface area contributed by atoms with Crippen molar-refractivity contribution in [2.75, 3.05) is 44.4 Å². The number of anilines is 1. The Balaban J connectivity index is 1.83. The lowest BCUT2D eigenvalue weighted by atomic mass is 9.98. The number of rotatable bonds is 30. The van der Waals surface area contributed by atoms with Crippen LogP contribution in [-0.2, 0) is 0 Å². The maximum atomic E-state index is 6.56. The summed E-state index contributed by atoms with van der Waals surface area (Å²) in [7, 11) is 0. The van der Waals surface area contributed by atoms with Crippen LogP contribution in [0.5, 0.6) is 23.0 Å². The van der Waals surface area contributed by atoms with Crippen molar-refractivity contribution in [3.63, 3.8) is 0 Å². The fourth-order valence-corrected chi connectivity index (χ4v) is 6.91. The van der Waals surface area contributed by atoms with E-state index >= 15 is 0 Å². The summed E-state index contributed by atoms with van der Waals surface area (Å²) in [5, 5.41) is 0. The van der Waals surface area contributed by atoms with Crippen LogP contribution in [0.2, 0.25) is 0 Å². The van der Waals surface area contributed by atoms with Crippen LogP contribution in [0.1, 0.15) is 144 Å². The minimum Gasteiger partial charge on any atom is -0.493 e. The molecule has 1 heterocycles. The van der Waals surface area contributed by atoms with Crippen molar-refractivity contribution in [2.24, 2.45) is 0 Å². The molecule has 0 atom stereocenters. The largest absolute Gasteiger partial charge is 0.493 e. The average Bonchev–Trinajstić information content (AvgIpc) is 3.24. The molecule has 0 amide bonds. The first-order chi connectivity index (χ1) is 28.0. The molecule has 0 aliphatic heterocycles. The summed E-state index contributed by atoms with van der Waals surface area (Å²) >= 11 is 0. The third-order valence-electron chi connectivity index (χ3n) is 10.5. The van der Waals surface area contributed by atoms with Crippen molar-refractivity contribution in [3.05, 3.63) is 72.8 Å². The molecule has 0 aliphatic rings. The van der Waals surface area contributed by atoms with E-state index in [2.05, 4.69) is 119 Å². The number of pyridine rings is 1. The van der Waals surface area contributed by atoms with Gasteiger partial charge >= 0.3 is 0 Å². The van der Waals surface area contributed by atoms with E-state index in [-0.39, 0.29) is 0 Å². The number of hydrogen-bond donors (Lipinski definition) is 0. The molecule has 0 spiro atoms. The van der Waals surface area contributed by atoms with Gasteiger partial charge in [-0.15, -0.1) is 0 Å². The van der Waals surface area contributed by atoms with Crippen molar-refractivity contribution < 1.29 is 18.9 Å². The molecule has 0 fully saturated rings. The summed E-state index contributed by atoms with van der Waals surface area (Å²) < 4.78 is 25.6. The zero-order valence-electron chi connectivity index (χ0n) is 36.5. The van der Waals surface area contributed by atoms with Crippen molar-refractivity contribution in [1.82, 2.24) is 4.98 Å². The number of nitrogens with zero attached hydrogens (tertiary/aromatic N) is 2. The first-order valence-electron chi connectivity index (χ1n) is 22.7. The molecule has 0 radical (unpaired) electrons. The lowest BCUT2D eigenvalue weighted by Crippen LogP contribution is -2.25. The molecule has 0 unspecified atom stereocenters. The molecule has 4 aromatic rings. The first-order valence-corrected chi connectivity index (χ1v) is 22.7. The highest BCUT2D eigenvalue weighted by Gasteiger charge is 2.18. The summed E-state index contributed by atoms with van der Waals surface area (Å²) in [5.41, 5.74) is 7.17. The van der Waals surface area contributed by atoms with E-state index in [1.807, 2.05) is 0 Å². The molecule has 57 heavy (non-hydrogen) atoms. The van der Waals surface area contributed by atoms with Crippen molar-refractivity contribution in [1.29, 1.82) is 0 Å². The quantitative estimate of drug-likeness (QED) is 0.0491. The maximum absolute atomic E-state index is 6.56. The molecular formula is C51H74N2O4. The van der Waals surface area contributed by atoms with Crippen molar-refractivity contribution in [3.8, 4) is 56.6 Å². The predicted octanol–water partition coefficient (Wildman–Crippen LogP) is 14.8. The number of benzene rings is 3. The molecule has 0 saturated heterocycles. The third-order valence-corrected chi connectivity index (χ3v) is 10.5. The number of aromatic nitrogens is 1. The standard InChI is InChI=1S/C51H74N2O4/c1-7-13-19-33-54-44-27-29-46(50(39-44)56-35-21-15-9-3)48-37-42(41-23-25-43(26-24-41)53(31-17-11-5)32-18-12-6)38-49(52-48)47-30-28-45(55-34-20-14-8-2)40-51(47)57-36-22-16-10-4/h23-30,37-40H,7-22,31-36H2,1-6H3. The Morgan fingerprint density at radius 2 is 0.807 bits per heavy atom. The van der Waals surface area contributed by atoms with Gasteiger partial charge in [0.1, 0.15) is 23.0 Å². The molecular weight excluding hydrogens is 705 g/mol. The molecule has 0 N–H and O–H groups in total. The SMILES string of the molecule is CCCCCOc1ccc(-c2cc(-c3ccc(N(CCCC)CCCC)cc3)cc(-c3ccc(OCCCCC)cc3OCCCCC)n2)c(OCCCCC)c1. The fourth-order valence-electron chi connectivity index (χ4n) is 6.91. The van der Waals surface area contributed by atoms with Crippen LogP contribution in [0.4, 0.5) is 5.69 Å².